The van der Waals surface area contributed by atoms with Crippen molar-refractivity contribution in [2.75, 3.05) is 0 Å². The van der Waals surface area contributed by atoms with Gasteiger partial charge in [-0.25, -0.2) is 4.79 Å². The molecule has 0 unspecified atom stereocenters. The first-order valence-corrected chi connectivity index (χ1v) is 5.66. The molecule has 20 heavy (non-hydrogen) atoms. The Hall–Kier alpha value is -2.77. The minimum atomic E-state index is -1.35. The van der Waals surface area contributed by atoms with Gasteiger partial charge in [-0.3, -0.25) is 9.59 Å². The number of hydrogen-bond donors (Lipinski definition) is 5. The topological polar surface area (TPSA) is 150 Å². The number of nitrogens with one attached hydrogen (secondary N) is 1. The molecule has 1 aromatic carbocycles. The van der Waals surface area contributed by atoms with E-state index in [2.05, 4.69) is 5.32 Å². The van der Waals surface area contributed by atoms with Gasteiger partial charge in [0.25, 0.3) is 5.91 Å². The number of amides is 2. The first kappa shape index (κ1) is 15.3. The van der Waals surface area contributed by atoms with Gasteiger partial charge in [0.1, 0.15) is 23.1 Å². The van der Waals surface area contributed by atoms with Crippen LogP contribution in [0.2, 0.25) is 0 Å². The Morgan fingerprint density at radius 1 is 1.20 bits per heavy atom. The zero-order valence-electron chi connectivity index (χ0n) is 10.4. The van der Waals surface area contributed by atoms with Gasteiger partial charge >= 0.3 is 5.97 Å². The summed E-state index contributed by atoms with van der Waals surface area (Å²) in [6, 6.07) is 2.32. The number of primary amides is 1. The fraction of sp³-hybridized carbons (Fsp3) is 0.250. The van der Waals surface area contributed by atoms with Gasteiger partial charge in [-0.05, 0) is 18.6 Å². The summed E-state index contributed by atoms with van der Waals surface area (Å²) in [6.45, 7) is 0. The lowest BCUT2D eigenvalue weighted by Crippen LogP contribution is -2.41. The van der Waals surface area contributed by atoms with Gasteiger partial charge in [0.05, 0.1) is 0 Å². The van der Waals surface area contributed by atoms with Gasteiger partial charge in [0.2, 0.25) is 5.91 Å². The maximum Gasteiger partial charge on any atom is 0.326 e. The molecule has 0 aromatic heterocycles. The van der Waals surface area contributed by atoms with Crippen LogP contribution < -0.4 is 11.1 Å². The molecule has 0 bridgehead atoms. The van der Waals surface area contributed by atoms with Crippen LogP contribution in [0.4, 0.5) is 0 Å². The van der Waals surface area contributed by atoms with Gasteiger partial charge in [-0.2, -0.15) is 0 Å². The second-order valence-corrected chi connectivity index (χ2v) is 4.04. The molecule has 1 aromatic rings. The number of rotatable bonds is 6. The number of carbonyl (C=O) groups excluding carboxylic acids is 2. The summed E-state index contributed by atoms with van der Waals surface area (Å²) in [4.78, 5) is 33.4. The average molecular weight is 282 g/mol. The van der Waals surface area contributed by atoms with Crippen molar-refractivity contribution in [3.63, 3.8) is 0 Å². The summed E-state index contributed by atoms with van der Waals surface area (Å²) >= 11 is 0. The molecule has 8 heteroatoms. The standard InChI is InChI=1S/C12H14N2O6/c13-9(17)5-4-6(12(19)20)14-11(18)10-7(15)2-1-3-8(10)16/h1-3,6,15-16H,4-5H2,(H2,13,17)(H,14,18)(H,19,20)/t6-/m1/s1. The van der Waals surface area contributed by atoms with Gasteiger partial charge in [-0.15, -0.1) is 0 Å². The van der Waals surface area contributed by atoms with Gasteiger partial charge in [-0.1, -0.05) is 6.07 Å². The largest absolute Gasteiger partial charge is 0.507 e. The number of aliphatic carboxylic acids is 1. The highest BCUT2D eigenvalue weighted by atomic mass is 16.4. The number of phenolic OH excluding ortho intramolecular Hbond substituents is 2. The molecule has 0 radical (unpaired) electrons. The first-order chi connectivity index (χ1) is 9.32. The third-order valence-corrected chi connectivity index (χ3v) is 2.53. The summed E-state index contributed by atoms with van der Waals surface area (Å²) in [5.74, 6) is -3.98. The van der Waals surface area contributed by atoms with E-state index in [0.29, 0.717) is 0 Å². The molecule has 0 fully saturated rings. The molecule has 6 N–H and O–H groups in total. The fourth-order valence-electron chi connectivity index (χ4n) is 1.54. The molecule has 1 rings (SSSR count). The van der Waals surface area contributed by atoms with Crippen LogP contribution in [0.3, 0.4) is 0 Å². The SMILES string of the molecule is NC(=O)CC[C@@H](NC(=O)c1c(O)cccc1O)C(=O)O. The number of aromatic hydroxyl groups is 2. The number of carboxylic acids is 1. The average Bonchev–Trinajstić information content (AvgIpc) is 2.33. The van der Waals surface area contributed by atoms with Crippen LogP contribution in [0.15, 0.2) is 18.2 Å². The lowest BCUT2D eigenvalue weighted by Gasteiger charge is -2.14. The smallest absolute Gasteiger partial charge is 0.326 e. The minimum absolute atomic E-state index is 0.190. The van der Waals surface area contributed by atoms with E-state index in [0.717, 1.165) is 0 Å². The van der Waals surface area contributed by atoms with Crippen molar-refractivity contribution >= 4 is 17.8 Å². The van der Waals surface area contributed by atoms with E-state index >= 15 is 0 Å². The highest BCUT2D eigenvalue weighted by Gasteiger charge is 2.24. The van der Waals surface area contributed by atoms with Crippen LogP contribution in [0.25, 0.3) is 0 Å². The number of carbonyl (C=O) groups is 3. The summed E-state index contributed by atoms with van der Waals surface area (Å²) in [6.07, 6.45) is -0.408. The molecule has 0 saturated heterocycles. The summed E-state index contributed by atoms with van der Waals surface area (Å²) < 4.78 is 0. The van der Waals surface area contributed by atoms with Crippen molar-refractivity contribution in [1.82, 2.24) is 5.32 Å². The molecule has 0 aliphatic carbocycles. The van der Waals surface area contributed by atoms with Crippen molar-refractivity contribution in [3.8, 4) is 11.5 Å². The normalized spacial score (nSPS) is 11.6. The Kier molecular flexibility index (Phi) is 4.90. The number of nitrogens with two attached hydrogens (primary N) is 1. The second-order valence-electron chi connectivity index (χ2n) is 4.04. The highest BCUT2D eigenvalue weighted by molar-refractivity contribution is 6.01. The number of benzene rings is 1. The van der Waals surface area contributed by atoms with Crippen LogP contribution in [-0.4, -0.2) is 39.1 Å². The lowest BCUT2D eigenvalue weighted by molar-refractivity contribution is -0.139. The zero-order valence-corrected chi connectivity index (χ0v) is 10.4. The molecule has 0 aliphatic heterocycles. The van der Waals surface area contributed by atoms with Crippen LogP contribution >= 0.6 is 0 Å². The highest BCUT2D eigenvalue weighted by Crippen LogP contribution is 2.26. The van der Waals surface area contributed by atoms with Crippen molar-refractivity contribution < 1.29 is 29.7 Å². The Labute approximate surface area is 113 Å². The summed E-state index contributed by atoms with van der Waals surface area (Å²) in [7, 11) is 0. The van der Waals surface area contributed by atoms with Crippen molar-refractivity contribution in [2.24, 2.45) is 5.73 Å². The van der Waals surface area contributed by atoms with Gasteiger partial charge < -0.3 is 26.4 Å². The lowest BCUT2D eigenvalue weighted by atomic mass is 10.1. The number of phenols is 2. The van der Waals surface area contributed by atoms with Crippen molar-refractivity contribution in [2.45, 2.75) is 18.9 Å². The van der Waals surface area contributed by atoms with E-state index < -0.39 is 40.9 Å². The van der Waals surface area contributed by atoms with E-state index in [9.17, 15) is 24.6 Å². The monoisotopic (exact) mass is 282 g/mol. The summed E-state index contributed by atoms with van der Waals surface area (Å²) in [5, 5.41) is 30.0. The van der Waals surface area contributed by atoms with E-state index in [1.807, 2.05) is 0 Å². The maximum atomic E-state index is 11.8. The van der Waals surface area contributed by atoms with Gasteiger partial charge in [0, 0.05) is 6.42 Å². The zero-order chi connectivity index (χ0) is 15.3. The molecule has 108 valence electrons. The van der Waals surface area contributed by atoms with Crippen LogP contribution in [0.5, 0.6) is 11.5 Å². The van der Waals surface area contributed by atoms with E-state index in [1.54, 1.807) is 0 Å². The second kappa shape index (κ2) is 6.41. The Balaban J connectivity index is 2.86. The molecule has 0 aliphatic rings. The van der Waals surface area contributed by atoms with Crippen LogP contribution in [0, 0.1) is 0 Å². The maximum absolute atomic E-state index is 11.8. The first-order valence-electron chi connectivity index (χ1n) is 5.66. The molecular weight excluding hydrogens is 268 g/mol. The van der Waals surface area contributed by atoms with Gasteiger partial charge in [0.15, 0.2) is 0 Å². The van der Waals surface area contributed by atoms with E-state index in [4.69, 9.17) is 10.8 Å². The van der Waals surface area contributed by atoms with E-state index in [-0.39, 0.29) is 12.8 Å². The Bertz CT molecular complexity index is 522. The van der Waals surface area contributed by atoms with Crippen LogP contribution in [-0.2, 0) is 9.59 Å². The minimum Gasteiger partial charge on any atom is -0.507 e. The molecular formula is C12H14N2O6. The number of carboxylic acid groups (broad SMARTS) is 1. The predicted molar refractivity (Wildman–Crippen MR) is 67.1 cm³/mol. The molecule has 0 heterocycles. The number of hydrogen-bond acceptors (Lipinski definition) is 5. The Morgan fingerprint density at radius 3 is 2.20 bits per heavy atom. The molecule has 2 amide bonds. The molecule has 1 atom stereocenters. The molecule has 0 saturated carbocycles. The predicted octanol–water partition coefficient (Wildman–Crippen LogP) is -0.454. The fourth-order valence-corrected chi connectivity index (χ4v) is 1.54. The van der Waals surface area contributed by atoms with Crippen LogP contribution in [0.1, 0.15) is 23.2 Å². The molecule has 8 nitrogen and oxygen atoms in total. The van der Waals surface area contributed by atoms with Crippen molar-refractivity contribution in [3.05, 3.63) is 23.8 Å². The van der Waals surface area contributed by atoms with Crippen molar-refractivity contribution in [1.29, 1.82) is 0 Å². The van der Waals surface area contributed by atoms with E-state index in [1.165, 1.54) is 18.2 Å². The Morgan fingerprint density at radius 2 is 1.75 bits per heavy atom. The quantitative estimate of drug-likeness (QED) is 0.476. The summed E-state index contributed by atoms with van der Waals surface area (Å²) in [5.41, 5.74) is 4.47. The molecule has 0 spiro atoms. The third-order valence-electron chi connectivity index (χ3n) is 2.53. The third kappa shape index (κ3) is 3.87.